The predicted molar refractivity (Wildman–Crippen MR) is 100 cm³/mol. The molecule has 0 aliphatic carbocycles. The molecule has 0 saturated carbocycles. The van der Waals surface area contributed by atoms with Crippen molar-refractivity contribution in [3.63, 3.8) is 0 Å². The van der Waals surface area contributed by atoms with E-state index in [1.54, 1.807) is 11.3 Å². The van der Waals surface area contributed by atoms with Crippen LogP contribution in [0.2, 0.25) is 0 Å². The van der Waals surface area contributed by atoms with Crippen molar-refractivity contribution in [2.24, 2.45) is 0 Å². The summed E-state index contributed by atoms with van der Waals surface area (Å²) in [6.45, 7) is 8.91. The highest BCUT2D eigenvalue weighted by Crippen LogP contribution is 2.29. The summed E-state index contributed by atoms with van der Waals surface area (Å²) in [5.41, 5.74) is 2.27. The van der Waals surface area contributed by atoms with Crippen molar-refractivity contribution in [1.82, 2.24) is 9.97 Å². The number of aryl methyl sites for hydroxylation is 2. The highest BCUT2D eigenvalue weighted by molar-refractivity contribution is 7.18. The number of nitrogens with one attached hydrogen (secondary N) is 1. The number of fused-ring (bicyclic) bond motifs is 1. The minimum absolute atomic E-state index is 0.727. The lowest BCUT2D eigenvalue weighted by Gasteiger charge is -2.09. The molecule has 1 N–H and O–H groups in total. The molecular formula is C19H21N3S. The number of thiophene rings is 1. The molecule has 2 aromatic heterocycles. The van der Waals surface area contributed by atoms with Gasteiger partial charge in [0, 0.05) is 11.4 Å². The molecule has 1 aromatic carbocycles. The van der Waals surface area contributed by atoms with Crippen molar-refractivity contribution in [1.29, 1.82) is 0 Å². The van der Waals surface area contributed by atoms with Gasteiger partial charge in [0.1, 0.15) is 10.6 Å². The molecule has 0 bridgehead atoms. The molecule has 23 heavy (non-hydrogen) atoms. The smallest absolute Gasteiger partial charge is 0.158 e. The number of rotatable bonds is 6. The van der Waals surface area contributed by atoms with Gasteiger partial charge in [0.2, 0.25) is 0 Å². The van der Waals surface area contributed by atoms with E-state index in [9.17, 15) is 0 Å². The molecule has 2 heterocycles. The average Bonchev–Trinajstić information content (AvgIpc) is 2.92. The lowest BCUT2D eigenvalue weighted by Crippen LogP contribution is -2.06. The molecule has 3 nitrogen and oxygen atoms in total. The minimum atomic E-state index is 0.727. The second-order valence-electron chi connectivity index (χ2n) is 5.77. The Balaban J connectivity index is 1.72. The van der Waals surface area contributed by atoms with Gasteiger partial charge in [-0.05, 0) is 43.9 Å². The number of hydrogen-bond acceptors (Lipinski definition) is 4. The van der Waals surface area contributed by atoms with Crippen LogP contribution < -0.4 is 5.32 Å². The maximum atomic E-state index is 4.64. The van der Waals surface area contributed by atoms with Crippen molar-refractivity contribution in [2.75, 3.05) is 11.9 Å². The Kier molecular flexibility index (Phi) is 4.72. The molecular weight excluding hydrogens is 302 g/mol. The van der Waals surface area contributed by atoms with Gasteiger partial charge in [-0.15, -0.1) is 11.3 Å². The third-order valence-electron chi connectivity index (χ3n) is 3.68. The summed E-state index contributed by atoms with van der Waals surface area (Å²) < 4.78 is 0. The van der Waals surface area contributed by atoms with E-state index in [1.807, 2.05) is 6.92 Å². The monoisotopic (exact) mass is 323 g/mol. The van der Waals surface area contributed by atoms with Crippen LogP contribution in [0.5, 0.6) is 0 Å². The lowest BCUT2D eigenvalue weighted by atomic mass is 10.1. The summed E-state index contributed by atoms with van der Waals surface area (Å²) in [6, 6.07) is 12.7. The third-order valence-corrected chi connectivity index (χ3v) is 4.62. The molecule has 0 aliphatic rings. The lowest BCUT2D eigenvalue weighted by molar-refractivity contribution is 0.859. The number of nitrogens with zero attached hydrogens (tertiary/aromatic N) is 2. The van der Waals surface area contributed by atoms with Crippen molar-refractivity contribution < 1.29 is 0 Å². The predicted octanol–water partition coefficient (Wildman–Crippen LogP) is 5.08. The second kappa shape index (κ2) is 6.92. The topological polar surface area (TPSA) is 37.8 Å². The van der Waals surface area contributed by atoms with Gasteiger partial charge in [-0.2, -0.15) is 0 Å². The first-order valence-corrected chi connectivity index (χ1v) is 8.67. The summed E-state index contributed by atoms with van der Waals surface area (Å²) in [4.78, 5) is 11.5. The Hall–Kier alpha value is -2.20. The van der Waals surface area contributed by atoms with Crippen LogP contribution in [0.4, 0.5) is 5.82 Å². The molecule has 3 rings (SSSR count). The fourth-order valence-corrected chi connectivity index (χ4v) is 3.39. The van der Waals surface area contributed by atoms with Crippen LogP contribution in [0.1, 0.15) is 29.6 Å². The van der Waals surface area contributed by atoms with Crippen LogP contribution in [0.25, 0.3) is 15.8 Å². The zero-order valence-corrected chi connectivity index (χ0v) is 14.4. The Morgan fingerprint density at radius 1 is 1.22 bits per heavy atom. The molecule has 0 spiro atoms. The van der Waals surface area contributed by atoms with Gasteiger partial charge in [0.15, 0.2) is 5.82 Å². The van der Waals surface area contributed by atoms with Crippen molar-refractivity contribution in [3.05, 3.63) is 59.2 Å². The molecule has 0 radical (unpaired) electrons. The van der Waals surface area contributed by atoms with Gasteiger partial charge in [0.25, 0.3) is 0 Å². The Morgan fingerprint density at radius 2 is 2.00 bits per heavy atom. The van der Waals surface area contributed by atoms with E-state index in [0.717, 1.165) is 46.8 Å². The number of hydrogen-bond donors (Lipinski definition) is 1. The highest BCUT2D eigenvalue weighted by atomic mass is 32.1. The van der Waals surface area contributed by atoms with E-state index in [2.05, 4.69) is 65.2 Å². The van der Waals surface area contributed by atoms with E-state index < -0.39 is 0 Å². The maximum absolute atomic E-state index is 4.64. The third kappa shape index (κ3) is 3.77. The molecule has 0 aliphatic heterocycles. The summed E-state index contributed by atoms with van der Waals surface area (Å²) in [6.07, 6.45) is 2.14. The standard InChI is InChI=1S/C19H21N3S/c1-13(2)17-21-18(16-12-14(3)23-19(16)22-17)20-11-7-10-15-8-5-4-6-9-15/h4-6,8-9,12H,1,7,10-11H2,2-3H3,(H,20,21,22). The molecule has 0 unspecified atom stereocenters. The first-order chi connectivity index (χ1) is 11.1. The van der Waals surface area contributed by atoms with E-state index in [-0.39, 0.29) is 0 Å². The molecule has 3 aromatic rings. The van der Waals surface area contributed by atoms with Gasteiger partial charge in [-0.1, -0.05) is 36.9 Å². The van der Waals surface area contributed by atoms with E-state index >= 15 is 0 Å². The number of anilines is 1. The summed E-state index contributed by atoms with van der Waals surface area (Å²) in [7, 11) is 0. The van der Waals surface area contributed by atoms with Gasteiger partial charge in [0.05, 0.1) is 5.39 Å². The van der Waals surface area contributed by atoms with Crippen molar-refractivity contribution >= 4 is 32.9 Å². The Bertz CT molecular complexity index is 821. The van der Waals surface area contributed by atoms with Crippen LogP contribution in [-0.4, -0.2) is 16.5 Å². The van der Waals surface area contributed by atoms with Crippen LogP contribution in [0.15, 0.2) is 43.0 Å². The SMILES string of the molecule is C=C(C)c1nc(NCCCc2ccccc2)c2cc(C)sc2n1. The second-order valence-corrected chi connectivity index (χ2v) is 7.00. The van der Waals surface area contributed by atoms with E-state index in [1.165, 1.54) is 10.4 Å². The number of allylic oxidation sites excluding steroid dienone is 1. The van der Waals surface area contributed by atoms with Crippen molar-refractivity contribution in [2.45, 2.75) is 26.7 Å². The average molecular weight is 323 g/mol. The van der Waals surface area contributed by atoms with E-state index in [4.69, 9.17) is 0 Å². The molecule has 118 valence electrons. The quantitative estimate of drug-likeness (QED) is 0.643. The number of aromatic nitrogens is 2. The highest BCUT2D eigenvalue weighted by Gasteiger charge is 2.10. The fraction of sp³-hybridized carbons (Fsp3) is 0.263. The van der Waals surface area contributed by atoms with Crippen LogP contribution >= 0.6 is 11.3 Å². The largest absolute Gasteiger partial charge is 0.369 e. The van der Waals surface area contributed by atoms with Crippen LogP contribution in [0, 0.1) is 6.92 Å². The zero-order valence-electron chi connectivity index (χ0n) is 13.6. The summed E-state index contributed by atoms with van der Waals surface area (Å²) in [5, 5.41) is 4.59. The zero-order chi connectivity index (χ0) is 16.2. The van der Waals surface area contributed by atoms with Crippen LogP contribution in [0.3, 0.4) is 0 Å². The molecule has 0 amide bonds. The van der Waals surface area contributed by atoms with Gasteiger partial charge in [-0.3, -0.25) is 0 Å². The first-order valence-electron chi connectivity index (χ1n) is 7.85. The number of benzene rings is 1. The molecule has 0 atom stereocenters. The van der Waals surface area contributed by atoms with Crippen molar-refractivity contribution in [3.8, 4) is 0 Å². The summed E-state index contributed by atoms with van der Waals surface area (Å²) in [5.74, 6) is 1.65. The maximum Gasteiger partial charge on any atom is 0.158 e. The normalized spacial score (nSPS) is 10.9. The fourth-order valence-electron chi connectivity index (χ4n) is 2.51. The summed E-state index contributed by atoms with van der Waals surface area (Å²) >= 11 is 1.70. The van der Waals surface area contributed by atoms with E-state index in [0.29, 0.717) is 0 Å². The van der Waals surface area contributed by atoms with Gasteiger partial charge < -0.3 is 5.32 Å². The Morgan fingerprint density at radius 3 is 2.74 bits per heavy atom. The molecule has 4 heteroatoms. The van der Waals surface area contributed by atoms with Gasteiger partial charge >= 0.3 is 0 Å². The van der Waals surface area contributed by atoms with Gasteiger partial charge in [-0.25, -0.2) is 9.97 Å². The molecule has 0 fully saturated rings. The first kappa shape index (κ1) is 15.7. The minimum Gasteiger partial charge on any atom is -0.369 e. The molecule has 0 saturated heterocycles. The van der Waals surface area contributed by atoms with Crippen LogP contribution in [-0.2, 0) is 6.42 Å². The Labute approximate surface area is 141 Å².